The van der Waals surface area contributed by atoms with Crippen molar-refractivity contribution in [3.63, 3.8) is 0 Å². The smallest absolute Gasteiger partial charge is 0.293 e. The van der Waals surface area contributed by atoms with Crippen molar-refractivity contribution in [1.82, 2.24) is 10.2 Å². The summed E-state index contributed by atoms with van der Waals surface area (Å²) in [7, 11) is 0. The van der Waals surface area contributed by atoms with Crippen molar-refractivity contribution < 1.29 is 14.5 Å². The molecule has 0 radical (unpaired) electrons. The number of likely N-dealkylation sites (tertiary alicyclic amines) is 1. The van der Waals surface area contributed by atoms with Crippen molar-refractivity contribution in [2.75, 3.05) is 18.4 Å². The van der Waals surface area contributed by atoms with Gasteiger partial charge in [0.05, 0.1) is 4.92 Å². The first-order valence-electron chi connectivity index (χ1n) is 10.6. The Morgan fingerprint density at radius 3 is 2.34 bits per heavy atom. The van der Waals surface area contributed by atoms with Gasteiger partial charge in [0.2, 0.25) is 5.91 Å². The highest BCUT2D eigenvalue weighted by atomic mass is 16.6. The van der Waals surface area contributed by atoms with Gasteiger partial charge < -0.3 is 15.5 Å². The average Bonchev–Trinajstić information content (AvgIpc) is 3.53. The molecular weight excluding hydrogens is 372 g/mol. The predicted octanol–water partition coefficient (Wildman–Crippen LogP) is 3.33. The molecule has 0 atom stereocenters. The number of nitrogens with zero attached hydrogens (tertiary/aromatic N) is 2. The first-order valence-corrected chi connectivity index (χ1v) is 10.6. The molecule has 1 saturated heterocycles. The van der Waals surface area contributed by atoms with E-state index in [-0.39, 0.29) is 35.0 Å². The summed E-state index contributed by atoms with van der Waals surface area (Å²) >= 11 is 0. The molecule has 0 unspecified atom stereocenters. The largest absolute Gasteiger partial charge is 0.377 e. The Hall–Kier alpha value is -2.64. The third-order valence-corrected chi connectivity index (χ3v) is 5.87. The molecule has 2 N–H and O–H groups in total. The third kappa shape index (κ3) is 5.25. The molecule has 1 heterocycles. The van der Waals surface area contributed by atoms with Gasteiger partial charge in [-0.15, -0.1) is 0 Å². The number of amides is 2. The normalized spacial score (nSPS) is 17.3. The molecule has 8 heteroatoms. The van der Waals surface area contributed by atoms with Crippen LogP contribution in [0, 0.1) is 16.0 Å². The predicted molar refractivity (Wildman–Crippen MR) is 111 cm³/mol. The Morgan fingerprint density at radius 1 is 1.14 bits per heavy atom. The van der Waals surface area contributed by atoms with Crippen LogP contribution in [0.1, 0.15) is 62.7 Å². The van der Waals surface area contributed by atoms with E-state index in [1.54, 1.807) is 12.1 Å². The molecule has 2 aliphatic rings. The number of nitro benzene ring substituents is 1. The van der Waals surface area contributed by atoms with Gasteiger partial charge in [-0.3, -0.25) is 19.7 Å². The summed E-state index contributed by atoms with van der Waals surface area (Å²) in [5.74, 6) is -0.0329. The number of anilines is 1. The number of carbonyl (C=O) groups is 2. The van der Waals surface area contributed by atoms with Gasteiger partial charge in [-0.2, -0.15) is 0 Å². The van der Waals surface area contributed by atoms with Crippen LogP contribution in [0.3, 0.4) is 0 Å². The molecule has 1 aromatic rings. The van der Waals surface area contributed by atoms with Gasteiger partial charge in [-0.25, -0.2) is 0 Å². The monoisotopic (exact) mass is 402 g/mol. The quantitative estimate of drug-likeness (QED) is 0.513. The van der Waals surface area contributed by atoms with Crippen molar-refractivity contribution in [2.45, 2.75) is 64.5 Å². The molecule has 158 valence electrons. The lowest BCUT2D eigenvalue weighted by molar-refractivity contribution is -0.384. The Morgan fingerprint density at radius 2 is 1.79 bits per heavy atom. The summed E-state index contributed by atoms with van der Waals surface area (Å²) in [5, 5.41) is 17.5. The molecule has 2 fully saturated rings. The van der Waals surface area contributed by atoms with Gasteiger partial charge in [-0.05, 0) is 50.7 Å². The van der Waals surface area contributed by atoms with E-state index in [0.29, 0.717) is 37.7 Å². The summed E-state index contributed by atoms with van der Waals surface area (Å²) in [6.07, 6.45) is 5.10. The van der Waals surface area contributed by atoms with E-state index in [2.05, 4.69) is 10.6 Å². The summed E-state index contributed by atoms with van der Waals surface area (Å²) in [6.45, 7) is 5.32. The number of rotatable bonds is 8. The number of piperidine rings is 1. The van der Waals surface area contributed by atoms with Crippen LogP contribution in [0.4, 0.5) is 11.4 Å². The van der Waals surface area contributed by atoms with Crippen molar-refractivity contribution in [3.8, 4) is 0 Å². The van der Waals surface area contributed by atoms with Gasteiger partial charge in [0.25, 0.3) is 11.6 Å². The zero-order valence-corrected chi connectivity index (χ0v) is 17.1. The fraction of sp³-hybridized carbons (Fsp3) is 0.619. The van der Waals surface area contributed by atoms with Crippen molar-refractivity contribution in [2.24, 2.45) is 5.92 Å². The Labute approximate surface area is 171 Å². The summed E-state index contributed by atoms with van der Waals surface area (Å²) in [6, 6.07) is 4.84. The third-order valence-electron chi connectivity index (χ3n) is 5.87. The highest BCUT2D eigenvalue weighted by Gasteiger charge is 2.28. The summed E-state index contributed by atoms with van der Waals surface area (Å²) < 4.78 is 0. The molecule has 1 aliphatic carbocycles. The van der Waals surface area contributed by atoms with Crippen LogP contribution in [0.5, 0.6) is 0 Å². The van der Waals surface area contributed by atoms with E-state index in [4.69, 9.17) is 0 Å². The molecule has 8 nitrogen and oxygen atoms in total. The van der Waals surface area contributed by atoms with Gasteiger partial charge in [0, 0.05) is 42.7 Å². The molecular formula is C21H30N4O4. The standard InChI is InChI=1S/C21H30N4O4/c1-3-14(4-2)21(27)24-11-9-17(10-12-24)23-20(26)15-5-8-18(22-16-6-7-16)19(13-15)25(28)29/h5,8,13-14,16-17,22H,3-4,6-7,9-12H2,1-2H3,(H,23,26). The topological polar surface area (TPSA) is 105 Å². The molecule has 2 amide bonds. The molecule has 0 bridgehead atoms. The SMILES string of the molecule is CCC(CC)C(=O)N1CCC(NC(=O)c2ccc(NC3CC3)c([N+](=O)[O-])c2)CC1. The lowest BCUT2D eigenvalue weighted by Gasteiger charge is -2.34. The van der Waals surface area contributed by atoms with Crippen LogP contribution in [-0.2, 0) is 4.79 Å². The van der Waals surface area contributed by atoms with Crippen LogP contribution in [-0.4, -0.2) is 46.8 Å². The van der Waals surface area contributed by atoms with Crippen LogP contribution >= 0.6 is 0 Å². The van der Waals surface area contributed by atoms with E-state index >= 15 is 0 Å². The van der Waals surface area contributed by atoms with Crippen molar-refractivity contribution in [1.29, 1.82) is 0 Å². The van der Waals surface area contributed by atoms with E-state index < -0.39 is 4.92 Å². The Balaban J connectivity index is 1.57. The second kappa shape index (κ2) is 9.24. The van der Waals surface area contributed by atoms with Gasteiger partial charge >= 0.3 is 0 Å². The van der Waals surface area contributed by atoms with Crippen LogP contribution < -0.4 is 10.6 Å². The van der Waals surface area contributed by atoms with Crippen LogP contribution in [0.2, 0.25) is 0 Å². The lowest BCUT2D eigenvalue weighted by Crippen LogP contribution is -2.48. The Kier molecular flexibility index (Phi) is 6.71. The van der Waals surface area contributed by atoms with E-state index in [1.165, 1.54) is 6.07 Å². The molecule has 1 aromatic carbocycles. The van der Waals surface area contributed by atoms with Crippen molar-refractivity contribution >= 4 is 23.2 Å². The maximum Gasteiger partial charge on any atom is 0.293 e. The molecule has 0 spiro atoms. The summed E-state index contributed by atoms with van der Waals surface area (Å²) in [4.78, 5) is 37.9. The zero-order chi connectivity index (χ0) is 21.0. The molecule has 1 aliphatic heterocycles. The maximum absolute atomic E-state index is 12.6. The van der Waals surface area contributed by atoms with E-state index in [1.807, 2.05) is 18.7 Å². The van der Waals surface area contributed by atoms with E-state index in [9.17, 15) is 19.7 Å². The number of carbonyl (C=O) groups excluding carboxylic acids is 2. The molecule has 3 rings (SSSR count). The number of hydrogen-bond acceptors (Lipinski definition) is 5. The lowest BCUT2D eigenvalue weighted by atomic mass is 9.98. The van der Waals surface area contributed by atoms with Crippen LogP contribution in [0.25, 0.3) is 0 Å². The van der Waals surface area contributed by atoms with Gasteiger partial charge in [0.15, 0.2) is 0 Å². The maximum atomic E-state index is 12.6. The van der Waals surface area contributed by atoms with Crippen LogP contribution in [0.15, 0.2) is 18.2 Å². The first kappa shape index (κ1) is 21.1. The number of benzene rings is 1. The number of nitrogens with one attached hydrogen (secondary N) is 2. The minimum absolute atomic E-state index is 0.0309. The first-order chi connectivity index (χ1) is 13.9. The minimum Gasteiger partial charge on any atom is -0.377 e. The Bertz CT molecular complexity index is 766. The second-order valence-corrected chi connectivity index (χ2v) is 7.99. The fourth-order valence-corrected chi connectivity index (χ4v) is 3.80. The van der Waals surface area contributed by atoms with Gasteiger partial charge in [-0.1, -0.05) is 13.8 Å². The minimum atomic E-state index is -0.455. The average molecular weight is 402 g/mol. The molecule has 0 aromatic heterocycles. The van der Waals surface area contributed by atoms with Crippen molar-refractivity contribution in [3.05, 3.63) is 33.9 Å². The molecule has 29 heavy (non-hydrogen) atoms. The number of nitro groups is 1. The zero-order valence-electron chi connectivity index (χ0n) is 17.1. The highest BCUT2D eigenvalue weighted by Crippen LogP contribution is 2.31. The second-order valence-electron chi connectivity index (χ2n) is 7.99. The molecule has 1 saturated carbocycles. The number of hydrogen-bond donors (Lipinski definition) is 2. The van der Waals surface area contributed by atoms with Gasteiger partial charge in [0.1, 0.15) is 5.69 Å². The van der Waals surface area contributed by atoms with E-state index in [0.717, 1.165) is 25.7 Å². The fourth-order valence-electron chi connectivity index (χ4n) is 3.80. The summed E-state index contributed by atoms with van der Waals surface area (Å²) in [5.41, 5.74) is 0.672. The highest BCUT2D eigenvalue weighted by molar-refractivity contribution is 5.96.